The van der Waals surface area contributed by atoms with Crippen LogP contribution in [-0.4, -0.2) is 29.6 Å². The highest BCUT2D eigenvalue weighted by molar-refractivity contribution is 9.10. The summed E-state index contributed by atoms with van der Waals surface area (Å²) in [6.45, 7) is 3.04. The quantitative estimate of drug-likeness (QED) is 0.149. The summed E-state index contributed by atoms with van der Waals surface area (Å²) in [7, 11) is 0. The molecule has 0 aliphatic heterocycles. The molecule has 0 saturated heterocycles. The summed E-state index contributed by atoms with van der Waals surface area (Å²) in [5.41, 5.74) is 4.52. The number of rotatable bonds is 8. The highest BCUT2D eigenvalue weighted by Gasteiger charge is 2.14. The second-order valence-corrected chi connectivity index (χ2v) is 8.04. The molecule has 3 rings (SSSR count). The lowest BCUT2D eigenvalue weighted by atomic mass is 10.1. The third kappa shape index (κ3) is 6.48. The number of nitrogens with one attached hydrogen (secondary N) is 1. The minimum atomic E-state index is -0.493. The predicted octanol–water partition coefficient (Wildman–Crippen LogP) is 4.72. The fourth-order valence-electron chi connectivity index (χ4n) is 3.02. The van der Waals surface area contributed by atoms with E-state index in [0.717, 1.165) is 0 Å². The Morgan fingerprint density at radius 3 is 2.35 bits per heavy atom. The lowest BCUT2D eigenvalue weighted by Crippen LogP contribution is -2.25. The fourth-order valence-corrected chi connectivity index (χ4v) is 3.47. The number of nitro groups is 1. The number of amides is 1. The maximum Gasteiger partial charge on any atom is 0.344 e. The van der Waals surface area contributed by atoms with Crippen LogP contribution < -0.4 is 14.9 Å². The molecule has 34 heavy (non-hydrogen) atoms. The Kier molecular flexibility index (Phi) is 8.10. The number of non-ortho nitro benzene ring substituents is 1. The summed E-state index contributed by atoms with van der Waals surface area (Å²) in [5.74, 6) is -0.200. The Labute approximate surface area is 203 Å². The van der Waals surface area contributed by atoms with Crippen molar-refractivity contribution in [3.8, 4) is 11.5 Å². The number of halogens is 1. The summed E-state index contributed by atoms with van der Waals surface area (Å²) in [6, 6.07) is 16.3. The van der Waals surface area contributed by atoms with Crippen LogP contribution in [0.5, 0.6) is 11.5 Å². The van der Waals surface area contributed by atoms with E-state index in [1.165, 1.54) is 18.3 Å². The molecule has 0 unspecified atom stereocenters. The largest absolute Gasteiger partial charge is 0.483 e. The summed E-state index contributed by atoms with van der Waals surface area (Å²) in [5, 5.41) is 14.8. The van der Waals surface area contributed by atoms with Crippen LogP contribution in [0.4, 0.5) is 5.69 Å². The van der Waals surface area contributed by atoms with Gasteiger partial charge in [-0.2, -0.15) is 5.10 Å². The van der Waals surface area contributed by atoms with Gasteiger partial charge in [0.15, 0.2) is 6.61 Å². The third-order valence-electron chi connectivity index (χ3n) is 4.59. The van der Waals surface area contributed by atoms with Gasteiger partial charge >= 0.3 is 5.97 Å². The summed E-state index contributed by atoms with van der Waals surface area (Å²) < 4.78 is 11.5. The average molecular weight is 526 g/mol. The Balaban J connectivity index is 1.51. The van der Waals surface area contributed by atoms with E-state index >= 15 is 0 Å². The molecule has 3 aromatic rings. The number of hydrazone groups is 1. The zero-order valence-corrected chi connectivity index (χ0v) is 19.9. The minimum absolute atomic E-state index is 0.0369. The molecular weight excluding hydrogens is 506 g/mol. The van der Waals surface area contributed by atoms with Crippen molar-refractivity contribution in [2.24, 2.45) is 5.10 Å². The Bertz CT molecular complexity index is 1230. The van der Waals surface area contributed by atoms with Gasteiger partial charge in [0.2, 0.25) is 0 Å². The first-order valence-corrected chi connectivity index (χ1v) is 10.8. The lowest BCUT2D eigenvalue weighted by molar-refractivity contribution is -0.385. The zero-order chi connectivity index (χ0) is 24.7. The van der Waals surface area contributed by atoms with Gasteiger partial charge < -0.3 is 9.47 Å². The highest BCUT2D eigenvalue weighted by Crippen LogP contribution is 2.28. The van der Waals surface area contributed by atoms with Crippen LogP contribution in [0.15, 0.2) is 70.2 Å². The lowest BCUT2D eigenvalue weighted by Gasteiger charge is -2.11. The molecule has 0 aromatic heterocycles. The molecule has 0 fully saturated rings. The van der Waals surface area contributed by atoms with Crippen LogP contribution in [0.25, 0.3) is 0 Å². The molecule has 9 nitrogen and oxygen atoms in total. The second-order valence-electron chi connectivity index (χ2n) is 7.19. The van der Waals surface area contributed by atoms with Gasteiger partial charge in [0.25, 0.3) is 11.6 Å². The summed E-state index contributed by atoms with van der Waals surface area (Å²) >= 11 is 3.32. The van der Waals surface area contributed by atoms with E-state index in [1.807, 2.05) is 0 Å². The van der Waals surface area contributed by atoms with Gasteiger partial charge in [-0.05, 0) is 82.9 Å². The van der Waals surface area contributed by atoms with Crippen molar-refractivity contribution < 1.29 is 24.0 Å². The van der Waals surface area contributed by atoms with E-state index in [0.29, 0.717) is 38.2 Å². The van der Waals surface area contributed by atoms with Crippen molar-refractivity contribution in [3.63, 3.8) is 0 Å². The van der Waals surface area contributed by atoms with Crippen molar-refractivity contribution in [1.82, 2.24) is 5.43 Å². The van der Waals surface area contributed by atoms with Crippen LogP contribution in [0.1, 0.15) is 27.0 Å². The maximum absolute atomic E-state index is 12.3. The second kappa shape index (κ2) is 11.2. The first kappa shape index (κ1) is 24.6. The molecule has 0 bridgehead atoms. The molecule has 0 atom stereocenters. The third-order valence-corrected chi connectivity index (χ3v) is 5.28. The first-order chi connectivity index (χ1) is 16.2. The maximum atomic E-state index is 12.3. The molecule has 1 N–H and O–H groups in total. The molecule has 10 heteroatoms. The Morgan fingerprint density at radius 2 is 1.74 bits per heavy atom. The van der Waals surface area contributed by atoms with Gasteiger partial charge in [0, 0.05) is 16.6 Å². The van der Waals surface area contributed by atoms with E-state index in [2.05, 4.69) is 26.5 Å². The molecule has 1 amide bonds. The monoisotopic (exact) mass is 525 g/mol. The molecule has 0 heterocycles. The number of hydrogen-bond donors (Lipinski definition) is 1. The Morgan fingerprint density at radius 1 is 1.09 bits per heavy atom. The van der Waals surface area contributed by atoms with Crippen molar-refractivity contribution in [3.05, 3.63) is 97.5 Å². The van der Waals surface area contributed by atoms with Gasteiger partial charge in [-0.1, -0.05) is 12.1 Å². The SMILES string of the molecule is Cc1cc([N+](=O)[O-])cc(C)c1OCC(=O)N/N=C\c1ccc(OC(=O)c2ccccc2Br)cc1. The molecule has 0 saturated carbocycles. The molecule has 0 aliphatic carbocycles. The van der Waals surface area contributed by atoms with Crippen molar-refractivity contribution in [1.29, 1.82) is 0 Å². The van der Waals surface area contributed by atoms with E-state index in [1.54, 1.807) is 62.4 Å². The van der Waals surface area contributed by atoms with Crippen LogP contribution >= 0.6 is 15.9 Å². The van der Waals surface area contributed by atoms with Crippen LogP contribution in [0.3, 0.4) is 0 Å². The van der Waals surface area contributed by atoms with Gasteiger partial charge in [-0.15, -0.1) is 0 Å². The number of ether oxygens (including phenoxy) is 2. The summed E-state index contributed by atoms with van der Waals surface area (Å²) in [6.07, 6.45) is 1.43. The van der Waals surface area contributed by atoms with E-state index in [9.17, 15) is 19.7 Å². The normalized spacial score (nSPS) is 10.7. The van der Waals surface area contributed by atoms with Crippen molar-refractivity contribution in [2.45, 2.75) is 13.8 Å². The first-order valence-electron chi connectivity index (χ1n) is 10.0. The molecular formula is C24H20BrN3O6. The number of nitro benzene ring substituents is 1. The van der Waals surface area contributed by atoms with Gasteiger partial charge in [-0.25, -0.2) is 10.2 Å². The molecule has 174 valence electrons. The average Bonchev–Trinajstić information content (AvgIpc) is 2.79. The predicted molar refractivity (Wildman–Crippen MR) is 129 cm³/mol. The number of hydrogen-bond acceptors (Lipinski definition) is 7. The van der Waals surface area contributed by atoms with E-state index < -0.39 is 16.8 Å². The Hall–Kier alpha value is -4.05. The van der Waals surface area contributed by atoms with Gasteiger partial charge in [0.05, 0.1) is 16.7 Å². The van der Waals surface area contributed by atoms with Crippen molar-refractivity contribution in [2.75, 3.05) is 6.61 Å². The number of carbonyl (C=O) groups excluding carboxylic acids is 2. The van der Waals surface area contributed by atoms with Crippen LogP contribution in [-0.2, 0) is 4.79 Å². The molecule has 0 aliphatic rings. The standard InChI is InChI=1S/C24H20BrN3O6/c1-15-11-18(28(31)32)12-16(2)23(15)33-14-22(29)27-26-13-17-7-9-19(10-8-17)34-24(30)20-5-3-4-6-21(20)25/h3-13H,14H2,1-2H3,(H,27,29)/b26-13-. The van der Waals surface area contributed by atoms with Crippen LogP contribution in [0, 0.1) is 24.0 Å². The van der Waals surface area contributed by atoms with Crippen LogP contribution in [0.2, 0.25) is 0 Å². The number of nitrogens with zero attached hydrogens (tertiary/aromatic N) is 2. The van der Waals surface area contributed by atoms with Gasteiger partial charge in [-0.3, -0.25) is 14.9 Å². The van der Waals surface area contributed by atoms with E-state index in [4.69, 9.17) is 9.47 Å². The van der Waals surface area contributed by atoms with E-state index in [-0.39, 0.29) is 12.3 Å². The number of benzene rings is 3. The van der Waals surface area contributed by atoms with Gasteiger partial charge in [0.1, 0.15) is 11.5 Å². The molecule has 0 radical (unpaired) electrons. The minimum Gasteiger partial charge on any atom is -0.483 e. The highest BCUT2D eigenvalue weighted by atomic mass is 79.9. The number of carbonyl (C=O) groups is 2. The topological polar surface area (TPSA) is 120 Å². The summed E-state index contributed by atoms with van der Waals surface area (Å²) in [4.78, 5) is 34.7. The fraction of sp³-hybridized carbons (Fsp3) is 0.125. The van der Waals surface area contributed by atoms with Crippen molar-refractivity contribution >= 4 is 39.7 Å². The smallest absolute Gasteiger partial charge is 0.344 e. The molecule has 3 aromatic carbocycles. The molecule has 0 spiro atoms. The number of aryl methyl sites for hydroxylation is 2. The zero-order valence-electron chi connectivity index (χ0n) is 18.3. The number of esters is 1.